The molecule has 114 valence electrons. The summed E-state index contributed by atoms with van der Waals surface area (Å²) in [6.45, 7) is -1.53. The highest BCUT2D eigenvalue weighted by Crippen LogP contribution is 2.26. The molecule has 1 aromatic carbocycles. The van der Waals surface area contributed by atoms with E-state index in [0.29, 0.717) is 11.0 Å². The molecule has 0 radical (unpaired) electrons. The zero-order valence-corrected chi connectivity index (χ0v) is 11.2. The summed E-state index contributed by atoms with van der Waals surface area (Å²) in [7, 11) is 0. The maximum absolute atomic E-state index is 13.5. The number of carboxylic acids is 1. The van der Waals surface area contributed by atoms with Gasteiger partial charge in [-0.25, -0.2) is 13.6 Å². The second-order valence-electron chi connectivity index (χ2n) is 3.89. The molecule has 21 heavy (non-hydrogen) atoms. The highest BCUT2D eigenvalue weighted by Gasteiger charge is 2.21. The number of hydrogen-bond donors (Lipinski definition) is 3. The molecule has 1 rings (SSSR count). The minimum atomic E-state index is -1.41. The molecule has 7 nitrogen and oxygen atoms in total. The predicted molar refractivity (Wildman–Crippen MR) is 68.8 cm³/mol. The van der Waals surface area contributed by atoms with Crippen LogP contribution < -0.4 is 11.1 Å². The second-order valence-corrected chi connectivity index (χ2v) is 4.30. The SMILES string of the molecule is NC(=O)CN(CC(=O)O)C(=O)Nc1c(F)cc(F)cc1Cl. The molecule has 0 atom stereocenters. The molecule has 0 heterocycles. The van der Waals surface area contributed by atoms with Crippen molar-refractivity contribution in [2.75, 3.05) is 18.4 Å². The van der Waals surface area contributed by atoms with Crippen LogP contribution in [0.3, 0.4) is 0 Å². The van der Waals surface area contributed by atoms with Gasteiger partial charge in [0.1, 0.15) is 18.9 Å². The van der Waals surface area contributed by atoms with Crippen LogP contribution in [0.15, 0.2) is 12.1 Å². The zero-order valence-electron chi connectivity index (χ0n) is 10.4. The van der Waals surface area contributed by atoms with Crippen LogP contribution in [0.1, 0.15) is 0 Å². The third kappa shape index (κ3) is 4.88. The maximum atomic E-state index is 13.5. The Morgan fingerprint density at radius 1 is 1.29 bits per heavy atom. The highest BCUT2D eigenvalue weighted by atomic mass is 35.5. The number of nitrogens with zero attached hydrogens (tertiary/aromatic N) is 1. The maximum Gasteiger partial charge on any atom is 0.323 e. The van der Waals surface area contributed by atoms with Gasteiger partial charge in [-0.15, -0.1) is 0 Å². The summed E-state index contributed by atoms with van der Waals surface area (Å²) in [6, 6.07) is 0.121. The lowest BCUT2D eigenvalue weighted by atomic mass is 10.3. The molecule has 3 amide bonds. The summed E-state index contributed by atoms with van der Waals surface area (Å²) in [6.07, 6.45) is 0. The monoisotopic (exact) mass is 321 g/mol. The van der Waals surface area contributed by atoms with Crippen LogP contribution in [0, 0.1) is 11.6 Å². The number of rotatable bonds is 5. The van der Waals surface area contributed by atoms with E-state index in [0.717, 1.165) is 6.07 Å². The number of anilines is 1. The Morgan fingerprint density at radius 3 is 2.38 bits per heavy atom. The molecule has 10 heteroatoms. The predicted octanol–water partition coefficient (Wildman–Crippen LogP) is 1.02. The summed E-state index contributed by atoms with van der Waals surface area (Å²) < 4.78 is 26.4. The third-order valence-electron chi connectivity index (χ3n) is 2.20. The average molecular weight is 322 g/mol. The molecule has 0 aliphatic heterocycles. The summed E-state index contributed by atoms with van der Waals surface area (Å²) >= 11 is 5.57. The van der Waals surface area contributed by atoms with Crippen molar-refractivity contribution in [3.63, 3.8) is 0 Å². The summed E-state index contributed by atoms with van der Waals surface area (Å²) in [4.78, 5) is 33.7. The van der Waals surface area contributed by atoms with Crippen molar-refractivity contribution < 1.29 is 28.3 Å². The van der Waals surface area contributed by atoms with Crippen molar-refractivity contribution in [1.82, 2.24) is 4.90 Å². The first-order valence-electron chi connectivity index (χ1n) is 5.41. The molecule has 0 aliphatic carbocycles. The fourth-order valence-corrected chi connectivity index (χ4v) is 1.64. The van der Waals surface area contributed by atoms with E-state index in [1.54, 1.807) is 0 Å². The quantitative estimate of drug-likeness (QED) is 0.751. The van der Waals surface area contributed by atoms with Crippen molar-refractivity contribution in [2.45, 2.75) is 0 Å². The van der Waals surface area contributed by atoms with Gasteiger partial charge in [0.25, 0.3) is 0 Å². The Morgan fingerprint density at radius 2 is 1.90 bits per heavy atom. The van der Waals surface area contributed by atoms with E-state index in [9.17, 15) is 23.2 Å². The van der Waals surface area contributed by atoms with Crippen LogP contribution in [0.25, 0.3) is 0 Å². The molecule has 0 bridgehead atoms. The van der Waals surface area contributed by atoms with Crippen molar-refractivity contribution >= 4 is 35.2 Å². The molecule has 0 aromatic heterocycles. The van der Waals surface area contributed by atoms with E-state index in [1.807, 2.05) is 5.32 Å². The molecular weight excluding hydrogens is 312 g/mol. The number of carboxylic acid groups (broad SMARTS) is 1. The first-order chi connectivity index (χ1) is 9.70. The number of carbonyl (C=O) groups is 3. The lowest BCUT2D eigenvalue weighted by Gasteiger charge is -2.20. The Labute approximate surface area is 122 Å². The van der Waals surface area contributed by atoms with Crippen molar-refractivity contribution in [2.24, 2.45) is 5.73 Å². The largest absolute Gasteiger partial charge is 0.480 e. The number of benzene rings is 1. The van der Waals surface area contributed by atoms with E-state index >= 15 is 0 Å². The van der Waals surface area contributed by atoms with E-state index < -0.39 is 53.3 Å². The molecule has 0 saturated carbocycles. The van der Waals surface area contributed by atoms with Crippen molar-refractivity contribution in [3.8, 4) is 0 Å². The topological polar surface area (TPSA) is 113 Å². The van der Waals surface area contributed by atoms with Gasteiger partial charge < -0.3 is 21.1 Å². The first kappa shape index (κ1) is 16.6. The highest BCUT2D eigenvalue weighted by molar-refractivity contribution is 6.33. The number of urea groups is 1. The van der Waals surface area contributed by atoms with Crippen LogP contribution in [-0.2, 0) is 9.59 Å². The van der Waals surface area contributed by atoms with Crippen LogP contribution in [0.4, 0.5) is 19.3 Å². The van der Waals surface area contributed by atoms with E-state index in [4.69, 9.17) is 22.4 Å². The fraction of sp³-hybridized carbons (Fsp3) is 0.182. The second kappa shape index (κ2) is 6.84. The van der Waals surface area contributed by atoms with E-state index in [1.165, 1.54) is 0 Å². The van der Waals surface area contributed by atoms with E-state index in [2.05, 4.69) is 0 Å². The van der Waals surface area contributed by atoms with Gasteiger partial charge in [-0.3, -0.25) is 9.59 Å². The minimum absolute atomic E-state index is 0.421. The van der Waals surface area contributed by atoms with Gasteiger partial charge in [0.05, 0.1) is 10.7 Å². The number of hydrogen-bond acceptors (Lipinski definition) is 3. The van der Waals surface area contributed by atoms with Crippen molar-refractivity contribution in [1.29, 1.82) is 0 Å². The Hall–Kier alpha value is -2.42. The van der Waals surface area contributed by atoms with Crippen LogP contribution in [-0.4, -0.2) is 41.0 Å². The van der Waals surface area contributed by atoms with Gasteiger partial charge in [-0.05, 0) is 6.07 Å². The Kier molecular flexibility index (Phi) is 5.42. The third-order valence-corrected chi connectivity index (χ3v) is 2.50. The number of amides is 3. The van der Waals surface area contributed by atoms with E-state index in [-0.39, 0.29) is 0 Å². The molecule has 0 aliphatic rings. The smallest absolute Gasteiger partial charge is 0.323 e. The van der Waals surface area contributed by atoms with Crippen LogP contribution in [0.5, 0.6) is 0 Å². The molecule has 4 N–H and O–H groups in total. The lowest BCUT2D eigenvalue weighted by Crippen LogP contribution is -2.43. The number of halogens is 3. The number of nitrogens with one attached hydrogen (secondary N) is 1. The summed E-state index contributed by atoms with van der Waals surface area (Å²) in [5, 5.41) is 10.2. The zero-order chi connectivity index (χ0) is 16.2. The molecular formula is C11H10ClF2N3O4. The van der Waals surface area contributed by atoms with Gasteiger partial charge in [0.15, 0.2) is 5.82 Å². The molecule has 1 aromatic rings. The van der Waals surface area contributed by atoms with Gasteiger partial charge in [0.2, 0.25) is 5.91 Å². The number of nitrogens with two attached hydrogens (primary N) is 1. The summed E-state index contributed by atoms with van der Waals surface area (Å²) in [5.74, 6) is -4.47. The number of aliphatic carboxylic acids is 1. The minimum Gasteiger partial charge on any atom is -0.480 e. The Balaban J connectivity index is 2.96. The molecule has 0 unspecified atom stereocenters. The molecule has 0 fully saturated rings. The van der Waals surface area contributed by atoms with Gasteiger partial charge in [-0.1, -0.05) is 11.6 Å². The van der Waals surface area contributed by atoms with Gasteiger partial charge >= 0.3 is 12.0 Å². The Bertz CT molecular complexity index is 558. The first-order valence-corrected chi connectivity index (χ1v) is 5.79. The standard InChI is InChI=1S/C11H10ClF2N3O4/c12-6-1-5(13)2-7(14)10(6)16-11(21)17(3-8(15)18)4-9(19)20/h1-2H,3-4H2,(H2,15,18)(H,16,21)(H,19,20). The molecule has 0 spiro atoms. The molecule has 0 saturated heterocycles. The summed E-state index contributed by atoms with van der Waals surface area (Å²) in [5.41, 5.74) is 4.34. The fourth-order valence-electron chi connectivity index (χ4n) is 1.40. The lowest BCUT2D eigenvalue weighted by molar-refractivity contribution is -0.137. The average Bonchev–Trinajstić information content (AvgIpc) is 2.31. The van der Waals surface area contributed by atoms with Crippen LogP contribution in [0.2, 0.25) is 5.02 Å². The van der Waals surface area contributed by atoms with Crippen molar-refractivity contribution in [3.05, 3.63) is 28.8 Å². The van der Waals surface area contributed by atoms with Crippen LogP contribution >= 0.6 is 11.6 Å². The normalized spacial score (nSPS) is 10.0. The number of primary amides is 1. The number of carbonyl (C=O) groups excluding carboxylic acids is 2. The van der Waals surface area contributed by atoms with Gasteiger partial charge in [0, 0.05) is 6.07 Å². The van der Waals surface area contributed by atoms with Gasteiger partial charge in [-0.2, -0.15) is 0 Å².